The number of fused-ring (bicyclic) bond motifs is 1. The number of carbonyl (C=O) groups is 1. The molecular weight excluding hydrogens is 414 g/mol. The average molecular weight is 436 g/mol. The Hall–Kier alpha value is -3.51. The van der Waals surface area contributed by atoms with Crippen LogP contribution in [0.2, 0.25) is 5.02 Å². The summed E-state index contributed by atoms with van der Waals surface area (Å²) in [4.78, 5) is 17.2. The van der Waals surface area contributed by atoms with Crippen molar-refractivity contribution < 1.29 is 14.3 Å². The highest BCUT2D eigenvalue weighted by atomic mass is 35.5. The number of ether oxygens (including phenoxy) is 2. The van der Waals surface area contributed by atoms with Gasteiger partial charge in [0.05, 0.1) is 31.2 Å². The lowest BCUT2D eigenvalue weighted by Crippen LogP contribution is -2.25. The summed E-state index contributed by atoms with van der Waals surface area (Å²) in [5.41, 5.74) is 2.38. The molecule has 6 nitrogen and oxygen atoms in total. The second-order valence-corrected chi connectivity index (χ2v) is 7.32. The fraction of sp³-hybridized carbons (Fsp3) is 0.167. The maximum Gasteiger partial charge on any atom is 0.251 e. The Balaban J connectivity index is 1.46. The molecule has 0 bridgehead atoms. The minimum atomic E-state index is -0.199. The van der Waals surface area contributed by atoms with Crippen molar-refractivity contribution in [3.8, 4) is 11.5 Å². The third-order valence-electron chi connectivity index (χ3n) is 4.87. The molecule has 3 aromatic carbocycles. The van der Waals surface area contributed by atoms with Gasteiger partial charge in [-0.3, -0.25) is 4.79 Å². The SMILES string of the molecule is COc1ccc(OCCn2c(CNC(=O)c3cccc(Cl)c3)nc3ccccc32)cc1. The summed E-state index contributed by atoms with van der Waals surface area (Å²) in [6.45, 7) is 1.35. The zero-order valence-corrected chi connectivity index (χ0v) is 17.8. The fourth-order valence-electron chi connectivity index (χ4n) is 3.33. The van der Waals surface area contributed by atoms with Crippen LogP contribution in [0.1, 0.15) is 16.2 Å². The van der Waals surface area contributed by atoms with E-state index in [4.69, 9.17) is 26.1 Å². The minimum absolute atomic E-state index is 0.199. The van der Waals surface area contributed by atoms with Gasteiger partial charge in [-0.1, -0.05) is 29.8 Å². The number of nitrogens with one attached hydrogen (secondary N) is 1. The lowest BCUT2D eigenvalue weighted by atomic mass is 10.2. The lowest BCUT2D eigenvalue weighted by Gasteiger charge is -2.12. The van der Waals surface area contributed by atoms with E-state index in [2.05, 4.69) is 9.88 Å². The van der Waals surface area contributed by atoms with Crippen LogP contribution >= 0.6 is 11.6 Å². The Labute approximate surface area is 185 Å². The van der Waals surface area contributed by atoms with Gasteiger partial charge in [-0.05, 0) is 54.6 Å². The van der Waals surface area contributed by atoms with Crippen molar-refractivity contribution in [2.24, 2.45) is 0 Å². The molecule has 0 radical (unpaired) electrons. The number of methoxy groups -OCH3 is 1. The number of rotatable bonds is 8. The zero-order valence-electron chi connectivity index (χ0n) is 17.0. The first kappa shape index (κ1) is 20.8. The molecule has 0 saturated heterocycles. The van der Waals surface area contributed by atoms with Crippen LogP contribution in [0.3, 0.4) is 0 Å². The number of hydrogen-bond donors (Lipinski definition) is 1. The smallest absolute Gasteiger partial charge is 0.251 e. The second kappa shape index (κ2) is 9.53. The monoisotopic (exact) mass is 435 g/mol. The van der Waals surface area contributed by atoms with Crippen LogP contribution in [0.15, 0.2) is 72.8 Å². The number of benzene rings is 3. The average Bonchev–Trinajstić information content (AvgIpc) is 3.15. The number of imidazole rings is 1. The maximum atomic E-state index is 12.5. The third-order valence-corrected chi connectivity index (χ3v) is 5.11. The molecule has 0 aliphatic heterocycles. The summed E-state index contributed by atoms with van der Waals surface area (Å²) in [5, 5.41) is 3.45. The maximum absolute atomic E-state index is 12.5. The standard InChI is InChI=1S/C24H22ClN3O3/c1-30-19-9-11-20(12-10-19)31-14-13-28-22-8-3-2-7-21(22)27-23(28)16-26-24(29)17-5-4-6-18(25)15-17/h2-12,15H,13-14,16H2,1H3,(H,26,29). The molecule has 158 valence electrons. The topological polar surface area (TPSA) is 65.4 Å². The quantitative estimate of drug-likeness (QED) is 0.435. The number of halogens is 1. The molecule has 4 rings (SSSR count). The van der Waals surface area contributed by atoms with Crippen molar-refractivity contribution in [1.82, 2.24) is 14.9 Å². The van der Waals surface area contributed by atoms with E-state index in [1.165, 1.54) is 0 Å². The Morgan fingerprint density at radius 1 is 1.03 bits per heavy atom. The van der Waals surface area contributed by atoms with Crippen LogP contribution in [0.5, 0.6) is 11.5 Å². The molecule has 0 aliphatic carbocycles. The Morgan fingerprint density at radius 2 is 1.81 bits per heavy atom. The van der Waals surface area contributed by atoms with Crippen LogP contribution in [-0.4, -0.2) is 29.2 Å². The van der Waals surface area contributed by atoms with E-state index >= 15 is 0 Å². The van der Waals surface area contributed by atoms with E-state index < -0.39 is 0 Å². The first-order chi connectivity index (χ1) is 15.1. The van der Waals surface area contributed by atoms with E-state index in [1.807, 2.05) is 48.5 Å². The second-order valence-electron chi connectivity index (χ2n) is 6.89. The lowest BCUT2D eigenvalue weighted by molar-refractivity contribution is 0.0949. The molecule has 0 aliphatic rings. The minimum Gasteiger partial charge on any atom is -0.497 e. The van der Waals surface area contributed by atoms with Gasteiger partial charge in [0.25, 0.3) is 5.91 Å². The Kier molecular flexibility index (Phi) is 6.38. The van der Waals surface area contributed by atoms with Gasteiger partial charge in [0, 0.05) is 10.6 Å². The molecule has 0 unspecified atom stereocenters. The predicted octanol–water partition coefficient (Wildman–Crippen LogP) is 4.71. The number of nitrogens with zero attached hydrogens (tertiary/aromatic N) is 2. The number of aromatic nitrogens is 2. The van der Waals surface area contributed by atoms with Crippen LogP contribution in [0.25, 0.3) is 11.0 Å². The summed E-state index contributed by atoms with van der Waals surface area (Å²) in [5.74, 6) is 2.11. The summed E-state index contributed by atoms with van der Waals surface area (Å²) >= 11 is 5.99. The molecule has 31 heavy (non-hydrogen) atoms. The molecule has 0 fully saturated rings. The van der Waals surface area contributed by atoms with Gasteiger partial charge in [0.2, 0.25) is 0 Å². The fourth-order valence-corrected chi connectivity index (χ4v) is 3.52. The highest BCUT2D eigenvalue weighted by Gasteiger charge is 2.13. The zero-order chi connectivity index (χ0) is 21.6. The van der Waals surface area contributed by atoms with Crippen molar-refractivity contribution in [3.05, 3.63) is 89.2 Å². The van der Waals surface area contributed by atoms with Crippen molar-refractivity contribution in [1.29, 1.82) is 0 Å². The van der Waals surface area contributed by atoms with Crippen molar-refractivity contribution >= 4 is 28.5 Å². The summed E-state index contributed by atoms with van der Waals surface area (Å²) in [7, 11) is 1.63. The normalized spacial score (nSPS) is 10.8. The van der Waals surface area contributed by atoms with Crippen molar-refractivity contribution in [2.45, 2.75) is 13.1 Å². The highest BCUT2D eigenvalue weighted by Crippen LogP contribution is 2.19. The van der Waals surface area contributed by atoms with Gasteiger partial charge in [0.1, 0.15) is 23.9 Å². The third kappa shape index (κ3) is 4.98. The number of carbonyl (C=O) groups excluding carboxylic acids is 1. The van der Waals surface area contributed by atoms with Crippen LogP contribution in [-0.2, 0) is 13.1 Å². The number of para-hydroxylation sites is 2. The van der Waals surface area contributed by atoms with E-state index in [0.717, 1.165) is 28.4 Å². The van der Waals surface area contributed by atoms with E-state index in [0.29, 0.717) is 30.3 Å². The van der Waals surface area contributed by atoms with Gasteiger partial charge in [-0.15, -0.1) is 0 Å². The van der Waals surface area contributed by atoms with Gasteiger partial charge in [-0.25, -0.2) is 4.98 Å². The highest BCUT2D eigenvalue weighted by molar-refractivity contribution is 6.30. The molecule has 0 saturated carbocycles. The summed E-state index contributed by atoms with van der Waals surface area (Å²) < 4.78 is 13.1. The Bertz CT molecular complexity index is 1190. The van der Waals surface area contributed by atoms with Gasteiger partial charge < -0.3 is 19.4 Å². The molecular formula is C24H22ClN3O3. The molecule has 0 spiro atoms. The molecule has 1 heterocycles. The first-order valence-electron chi connectivity index (χ1n) is 9.89. The van der Waals surface area contributed by atoms with Crippen molar-refractivity contribution in [2.75, 3.05) is 13.7 Å². The molecule has 0 atom stereocenters. The van der Waals surface area contributed by atoms with Crippen LogP contribution in [0, 0.1) is 0 Å². The summed E-state index contributed by atoms with van der Waals surface area (Å²) in [6.07, 6.45) is 0. The van der Waals surface area contributed by atoms with Crippen LogP contribution in [0.4, 0.5) is 0 Å². The molecule has 1 aromatic heterocycles. The summed E-state index contributed by atoms with van der Waals surface area (Å²) in [6, 6.07) is 22.2. The predicted molar refractivity (Wildman–Crippen MR) is 121 cm³/mol. The van der Waals surface area contributed by atoms with Gasteiger partial charge in [0.15, 0.2) is 0 Å². The van der Waals surface area contributed by atoms with Gasteiger partial charge >= 0.3 is 0 Å². The van der Waals surface area contributed by atoms with E-state index in [1.54, 1.807) is 31.4 Å². The Morgan fingerprint density at radius 3 is 2.58 bits per heavy atom. The largest absolute Gasteiger partial charge is 0.497 e. The van der Waals surface area contributed by atoms with Crippen molar-refractivity contribution in [3.63, 3.8) is 0 Å². The molecule has 4 aromatic rings. The van der Waals surface area contributed by atoms with Gasteiger partial charge in [-0.2, -0.15) is 0 Å². The number of hydrogen-bond acceptors (Lipinski definition) is 4. The van der Waals surface area contributed by atoms with E-state index in [-0.39, 0.29) is 5.91 Å². The molecule has 7 heteroatoms. The molecule has 1 amide bonds. The first-order valence-corrected chi connectivity index (χ1v) is 10.3. The molecule has 1 N–H and O–H groups in total. The van der Waals surface area contributed by atoms with Crippen LogP contribution < -0.4 is 14.8 Å². The number of amides is 1. The van der Waals surface area contributed by atoms with E-state index in [9.17, 15) is 4.79 Å².